The molecule has 0 fully saturated rings. The summed E-state index contributed by atoms with van der Waals surface area (Å²) < 4.78 is 35.5. The number of fused-ring (bicyclic) bond motifs is 2. The van der Waals surface area contributed by atoms with E-state index in [0.717, 1.165) is 5.69 Å². The third-order valence-corrected chi connectivity index (χ3v) is 6.45. The molecule has 0 spiro atoms. The molecular formula is C16H18N4O5S. The molecule has 26 heavy (non-hydrogen) atoms. The highest BCUT2D eigenvalue weighted by molar-refractivity contribution is 7.89. The topological polar surface area (TPSA) is 111 Å². The van der Waals surface area contributed by atoms with Crippen molar-refractivity contribution in [2.45, 2.75) is 31.0 Å². The number of aromatic nitrogens is 3. The van der Waals surface area contributed by atoms with Crippen LogP contribution in [0.15, 0.2) is 38.4 Å². The first-order valence-corrected chi connectivity index (χ1v) is 9.56. The number of oxazole rings is 1. The zero-order valence-corrected chi connectivity index (χ0v) is 15.1. The molecular weight excluding hydrogens is 360 g/mol. The fourth-order valence-corrected chi connectivity index (χ4v) is 4.51. The average Bonchev–Trinajstić information content (AvgIpc) is 3.15. The summed E-state index contributed by atoms with van der Waals surface area (Å²) in [6.07, 6.45) is -0.706. The molecule has 0 radical (unpaired) electrons. The van der Waals surface area contributed by atoms with Crippen molar-refractivity contribution in [2.75, 3.05) is 6.54 Å². The first kappa shape index (κ1) is 17.0. The smallest absolute Gasteiger partial charge is 0.408 e. The van der Waals surface area contributed by atoms with Crippen molar-refractivity contribution in [2.24, 2.45) is 7.05 Å². The SMILES string of the molecule is C[C@H](O)c1cc2n(n1)CCN(S(=O)(=O)c1ccc3oc(=O)n(C)c3c1)C2. The summed E-state index contributed by atoms with van der Waals surface area (Å²) in [4.78, 5) is 11.7. The van der Waals surface area contributed by atoms with Gasteiger partial charge in [-0.25, -0.2) is 13.2 Å². The number of aliphatic hydroxyl groups is 1. The second-order valence-corrected chi connectivity index (χ2v) is 8.29. The van der Waals surface area contributed by atoms with Gasteiger partial charge in [-0.15, -0.1) is 0 Å². The van der Waals surface area contributed by atoms with Crippen molar-refractivity contribution in [1.29, 1.82) is 0 Å². The zero-order chi connectivity index (χ0) is 18.6. The van der Waals surface area contributed by atoms with Crippen LogP contribution in [0.1, 0.15) is 24.4 Å². The van der Waals surface area contributed by atoms with E-state index in [2.05, 4.69) is 5.10 Å². The van der Waals surface area contributed by atoms with Gasteiger partial charge in [0.25, 0.3) is 0 Å². The first-order valence-electron chi connectivity index (χ1n) is 8.12. The number of aliphatic hydroxyl groups excluding tert-OH is 1. The van der Waals surface area contributed by atoms with Gasteiger partial charge in [0, 0.05) is 13.6 Å². The summed E-state index contributed by atoms with van der Waals surface area (Å²) >= 11 is 0. The average molecular weight is 378 g/mol. The van der Waals surface area contributed by atoms with E-state index in [-0.39, 0.29) is 18.0 Å². The highest BCUT2D eigenvalue weighted by Crippen LogP contribution is 2.25. The summed E-state index contributed by atoms with van der Waals surface area (Å²) in [6.45, 7) is 2.48. The highest BCUT2D eigenvalue weighted by atomic mass is 32.2. The Morgan fingerprint density at radius 1 is 1.27 bits per heavy atom. The summed E-state index contributed by atoms with van der Waals surface area (Å²) in [7, 11) is -2.21. The van der Waals surface area contributed by atoms with E-state index >= 15 is 0 Å². The van der Waals surface area contributed by atoms with E-state index in [0.29, 0.717) is 23.3 Å². The molecule has 9 nitrogen and oxygen atoms in total. The van der Waals surface area contributed by atoms with E-state index in [1.807, 2.05) is 0 Å². The largest absolute Gasteiger partial charge is 0.419 e. The maximum atomic E-state index is 13.0. The van der Waals surface area contributed by atoms with Crippen LogP contribution < -0.4 is 5.76 Å². The van der Waals surface area contributed by atoms with Crippen LogP contribution in [0.4, 0.5) is 0 Å². The van der Waals surface area contributed by atoms with Gasteiger partial charge in [-0.1, -0.05) is 0 Å². The molecule has 0 saturated carbocycles. The minimum Gasteiger partial charge on any atom is -0.408 e. The fourth-order valence-electron chi connectivity index (χ4n) is 3.09. The van der Waals surface area contributed by atoms with Crippen LogP contribution in [0.5, 0.6) is 0 Å². The van der Waals surface area contributed by atoms with Crippen LogP contribution in [-0.2, 0) is 30.2 Å². The molecule has 138 valence electrons. The summed E-state index contributed by atoms with van der Waals surface area (Å²) in [5, 5.41) is 14.0. The Morgan fingerprint density at radius 2 is 2.04 bits per heavy atom. The minimum absolute atomic E-state index is 0.102. The quantitative estimate of drug-likeness (QED) is 0.714. The van der Waals surface area contributed by atoms with Crippen molar-refractivity contribution in [3.8, 4) is 0 Å². The Balaban J connectivity index is 1.70. The Hall–Kier alpha value is -2.43. The zero-order valence-electron chi connectivity index (χ0n) is 14.3. The lowest BCUT2D eigenvalue weighted by molar-refractivity contribution is 0.192. The number of nitrogens with zero attached hydrogens (tertiary/aromatic N) is 4. The van der Waals surface area contributed by atoms with Crippen molar-refractivity contribution in [3.05, 3.63) is 46.2 Å². The van der Waals surface area contributed by atoms with Crippen LogP contribution in [0.2, 0.25) is 0 Å². The van der Waals surface area contributed by atoms with E-state index in [1.54, 1.807) is 17.7 Å². The van der Waals surface area contributed by atoms with Gasteiger partial charge in [-0.2, -0.15) is 9.40 Å². The van der Waals surface area contributed by atoms with Gasteiger partial charge in [-0.05, 0) is 31.2 Å². The second-order valence-electron chi connectivity index (χ2n) is 6.35. The highest BCUT2D eigenvalue weighted by Gasteiger charge is 2.30. The first-order chi connectivity index (χ1) is 12.3. The number of rotatable bonds is 3. The molecule has 0 unspecified atom stereocenters. The van der Waals surface area contributed by atoms with E-state index < -0.39 is 21.9 Å². The molecule has 0 amide bonds. The number of aryl methyl sites for hydroxylation is 1. The Kier molecular flexibility index (Phi) is 3.79. The third-order valence-electron chi connectivity index (χ3n) is 4.61. The van der Waals surface area contributed by atoms with Crippen molar-refractivity contribution >= 4 is 21.1 Å². The Bertz CT molecular complexity index is 1160. The predicted octanol–water partition coefficient (Wildman–Crippen LogP) is 0.586. The van der Waals surface area contributed by atoms with Crippen LogP contribution in [0.25, 0.3) is 11.1 Å². The summed E-state index contributed by atoms with van der Waals surface area (Å²) in [5.74, 6) is -0.540. The molecule has 1 aliphatic rings. The molecule has 10 heteroatoms. The van der Waals surface area contributed by atoms with Gasteiger partial charge in [0.05, 0.1) is 41.0 Å². The normalized spacial score (nSPS) is 16.7. The maximum absolute atomic E-state index is 13.0. The number of hydrogen-bond donors (Lipinski definition) is 1. The molecule has 1 atom stereocenters. The van der Waals surface area contributed by atoms with Crippen LogP contribution in [-0.4, -0.2) is 38.7 Å². The lowest BCUT2D eigenvalue weighted by Gasteiger charge is -2.26. The summed E-state index contributed by atoms with van der Waals surface area (Å²) in [6, 6.07) is 6.09. The van der Waals surface area contributed by atoms with Crippen LogP contribution in [0.3, 0.4) is 0 Å². The summed E-state index contributed by atoms with van der Waals surface area (Å²) in [5.41, 5.74) is 2.02. The second kappa shape index (κ2) is 5.79. The van der Waals surface area contributed by atoms with Gasteiger partial charge in [-0.3, -0.25) is 9.25 Å². The third kappa shape index (κ3) is 2.57. The van der Waals surface area contributed by atoms with Gasteiger partial charge in [0.1, 0.15) is 0 Å². The maximum Gasteiger partial charge on any atom is 0.419 e. The molecule has 4 rings (SSSR count). The van der Waals surface area contributed by atoms with Crippen molar-refractivity contribution in [3.63, 3.8) is 0 Å². The molecule has 0 bridgehead atoms. The molecule has 1 aromatic carbocycles. The Morgan fingerprint density at radius 3 is 2.77 bits per heavy atom. The molecule has 0 aliphatic carbocycles. The molecule has 2 aromatic heterocycles. The molecule has 3 heterocycles. The van der Waals surface area contributed by atoms with Gasteiger partial charge in [0.15, 0.2) is 5.58 Å². The van der Waals surface area contributed by atoms with Crippen molar-refractivity contribution in [1.82, 2.24) is 18.7 Å². The standard InChI is InChI=1S/C16H18N4O5S/c1-10(21)13-7-11-9-19(5-6-20(11)17-13)26(23,24)12-3-4-15-14(8-12)18(2)16(22)25-15/h3-4,7-8,10,21H,5-6,9H2,1-2H3/t10-/m0/s1. The van der Waals surface area contributed by atoms with Crippen LogP contribution in [0, 0.1) is 0 Å². The lowest BCUT2D eigenvalue weighted by atomic mass is 10.2. The van der Waals surface area contributed by atoms with Crippen molar-refractivity contribution < 1.29 is 17.9 Å². The molecule has 1 aliphatic heterocycles. The minimum atomic E-state index is -3.74. The lowest BCUT2D eigenvalue weighted by Crippen LogP contribution is -2.38. The monoisotopic (exact) mass is 378 g/mol. The van der Waals surface area contributed by atoms with Gasteiger partial charge >= 0.3 is 5.76 Å². The number of benzene rings is 1. The molecule has 3 aromatic rings. The predicted molar refractivity (Wildman–Crippen MR) is 91.9 cm³/mol. The number of hydrogen-bond acceptors (Lipinski definition) is 6. The van der Waals surface area contributed by atoms with E-state index in [4.69, 9.17) is 4.42 Å². The molecule has 1 N–H and O–H groups in total. The van der Waals surface area contributed by atoms with E-state index in [1.165, 1.54) is 34.1 Å². The molecule has 0 saturated heterocycles. The van der Waals surface area contributed by atoms with Gasteiger partial charge < -0.3 is 9.52 Å². The van der Waals surface area contributed by atoms with Gasteiger partial charge in [0.2, 0.25) is 10.0 Å². The fraction of sp³-hybridized carbons (Fsp3) is 0.375. The Labute approximate surface area is 149 Å². The van der Waals surface area contributed by atoms with E-state index in [9.17, 15) is 18.3 Å². The van der Waals surface area contributed by atoms with Crippen LogP contribution >= 0.6 is 0 Å². The number of sulfonamides is 1.